The first kappa shape index (κ1) is 15.1. The van der Waals surface area contributed by atoms with Gasteiger partial charge < -0.3 is 19.6 Å². The molecule has 3 fully saturated rings. The van der Waals surface area contributed by atoms with Crippen LogP contribution in [0.5, 0.6) is 0 Å². The fourth-order valence-electron chi connectivity index (χ4n) is 3.62. The van der Waals surface area contributed by atoms with E-state index in [9.17, 15) is 14.4 Å². The summed E-state index contributed by atoms with van der Waals surface area (Å²) in [6.45, 7) is 6.98. The number of carboxylic acids is 1. The number of fused-ring (bicyclic) bond motifs is 1. The molecule has 3 rings (SSSR count). The number of carboxylic acid groups (broad SMARTS) is 1. The third kappa shape index (κ3) is 2.64. The van der Waals surface area contributed by atoms with Gasteiger partial charge in [-0.05, 0) is 20.8 Å². The lowest BCUT2D eigenvalue weighted by Crippen LogP contribution is -2.40. The van der Waals surface area contributed by atoms with Crippen LogP contribution in [0.2, 0.25) is 0 Å². The lowest BCUT2D eigenvalue weighted by atomic mass is 10.1. The second-order valence-corrected chi connectivity index (χ2v) is 7.49. The van der Waals surface area contributed by atoms with Crippen molar-refractivity contribution in [2.24, 2.45) is 17.8 Å². The Balaban J connectivity index is 1.54. The highest BCUT2D eigenvalue weighted by Crippen LogP contribution is 2.50. The van der Waals surface area contributed by atoms with Gasteiger partial charge in [-0.2, -0.15) is 0 Å². The fraction of sp³-hybridized carbons (Fsp3) is 0.800. The standard InChI is InChI=1S/C15H22N2O5/c1-15(2,3)22-14(21)16-6-9-10(7-16)12(9)17-5-8(13(19)20)4-11(17)18/h8-10,12H,4-7H2,1-3H3,(H,19,20)/t8?,9-,10+,12?. The number of ether oxygens (including phenoxy) is 1. The molecule has 0 bridgehead atoms. The van der Waals surface area contributed by atoms with E-state index in [1.165, 1.54) is 0 Å². The predicted molar refractivity (Wildman–Crippen MR) is 76.0 cm³/mol. The molecular weight excluding hydrogens is 288 g/mol. The molecule has 0 spiro atoms. The van der Waals surface area contributed by atoms with Crippen LogP contribution in [0.3, 0.4) is 0 Å². The van der Waals surface area contributed by atoms with Crippen LogP contribution in [-0.4, -0.2) is 64.2 Å². The molecule has 1 saturated carbocycles. The average molecular weight is 310 g/mol. The maximum Gasteiger partial charge on any atom is 0.410 e. The third-order valence-corrected chi connectivity index (χ3v) is 4.67. The Bertz CT molecular complexity index is 515. The molecule has 2 unspecified atom stereocenters. The van der Waals surface area contributed by atoms with Crippen molar-refractivity contribution in [3.63, 3.8) is 0 Å². The average Bonchev–Trinajstić information content (AvgIpc) is 2.75. The number of rotatable bonds is 2. The maximum absolute atomic E-state index is 12.0. The molecule has 3 aliphatic rings. The summed E-state index contributed by atoms with van der Waals surface area (Å²) < 4.78 is 5.35. The molecule has 2 aliphatic heterocycles. The van der Waals surface area contributed by atoms with Crippen LogP contribution in [-0.2, 0) is 14.3 Å². The van der Waals surface area contributed by atoms with Crippen molar-refractivity contribution in [3.8, 4) is 0 Å². The summed E-state index contributed by atoms with van der Waals surface area (Å²) in [7, 11) is 0. The zero-order valence-corrected chi connectivity index (χ0v) is 13.1. The summed E-state index contributed by atoms with van der Waals surface area (Å²) in [5.74, 6) is -1.03. The number of carbonyl (C=O) groups excluding carboxylic acids is 2. The summed E-state index contributed by atoms with van der Waals surface area (Å²) in [4.78, 5) is 38.4. The Morgan fingerprint density at radius 3 is 2.23 bits per heavy atom. The van der Waals surface area contributed by atoms with Gasteiger partial charge in [0.1, 0.15) is 5.60 Å². The van der Waals surface area contributed by atoms with Crippen LogP contribution in [0, 0.1) is 17.8 Å². The highest BCUT2D eigenvalue weighted by atomic mass is 16.6. The van der Waals surface area contributed by atoms with Crippen molar-refractivity contribution in [2.75, 3.05) is 19.6 Å². The monoisotopic (exact) mass is 310 g/mol. The van der Waals surface area contributed by atoms with Crippen LogP contribution in [0.25, 0.3) is 0 Å². The Labute approximate surface area is 129 Å². The first-order valence-electron chi connectivity index (χ1n) is 7.67. The number of hydrogen-bond acceptors (Lipinski definition) is 4. The molecule has 1 N–H and O–H groups in total. The zero-order chi connectivity index (χ0) is 16.2. The molecule has 0 aromatic heterocycles. The van der Waals surface area contributed by atoms with E-state index in [0.29, 0.717) is 19.6 Å². The second-order valence-electron chi connectivity index (χ2n) is 7.49. The van der Waals surface area contributed by atoms with Gasteiger partial charge in [0.2, 0.25) is 5.91 Å². The molecule has 4 atom stereocenters. The van der Waals surface area contributed by atoms with Crippen LogP contribution in [0.4, 0.5) is 4.79 Å². The highest BCUT2D eigenvalue weighted by molar-refractivity contribution is 5.86. The van der Waals surface area contributed by atoms with Crippen molar-refractivity contribution >= 4 is 18.0 Å². The fourth-order valence-corrected chi connectivity index (χ4v) is 3.62. The number of likely N-dealkylation sites (tertiary alicyclic amines) is 2. The molecule has 22 heavy (non-hydrogen) atoms. The normalized spacial score (nSPS) is 33.9. The van der Waals surface area contributed by atoms with E-state index < -0.39 is 17.5 Å². The van der Waals surface area contributed by atoms with Crippen LogP contribution < -0.4 is 0 Å². The zero-order valence-electron chi connectivity index (χ0n) is 13.1. The summed E-state index contributed by atoms with van der Waals surface area (Å²) in [6, 6.07) is 0.107. The van der Waals surface area contributed by atoms with Gasteiger partial charge in [0.25, 0.3) is 0 Å². The van der Waals surface area contributed by atoms with Crippen molar-refractivity contribution in [2.45, 2.75) is 38.8 Å². The number of carbonyl (C=O) groups is 3. The van der Waals surface area contributed by atoms with Gasteiger partial charge in [0, 0.05) is 43.9 Å². The lowest BCUT2D eigenvalue weighted by molar-refractivity contribution is -0.141. The van der Waals surface area contributed by atoms with E-state index >= 15 is 0 Å². The van der Waals surface area contributed by atoms with Crippen molar-refractivity contribution in [3.05, 3.63) is 0 Å². The number of aliphatic carboxylic acids is 1. The second kappa shape index (κ2) is 4.86. The maximum atomic E-state index is 12.0. The van der Waals surface area contributed by atoms with Crippen molar-refractivity contribution < 1.29 is 24.2 Å². The van der Waals surface area contributed by atoms with Gasteiger partial charge >= 0.3 is 12.1 Å². The molecule has 1 aliphatic carbocycles. The lowest BCUT2D eigenvalue weighted by Gasteiger charge is -2.27. The van der Waals surface area contributed by atoms with Gasteiger partial charge in [0.15, 0.2) is 0 Å². The van der Waals surface area contributed by atoms with E-state index in [2.05, 4.69) is 0 Å². The first-order valence-corrected chi connectivity index (χ1v) is 7.67. The minimum atomic E-state index is -0.906. The van der Waals surface area contributed by atoms with Crippen molar-refractivity contribution in [1.29, 1.82) is 0 Å². The molecule has 122 valence electrons. The Morgan fingerprint density at radius 1 is 1.18 bits per heavy atom. The predicted octanol–water partition coefficient (Wildman–Crippen LogP) is 0.785. The molecular formula is C15H22N2O5. The molecule has 0 aromatic carbocycles. The molecule has 7 nitrogen and oxygen atoms in total. The molecule has 0 aromatic rings. The van der Waals surface area contributed by atoms with E-state index in [4.69, 9.17) is 9.84 Å². The van der Waals surface area contributed by atoms with E-state index in [1.807, 2.05) is 20.8 Å². The smallest absolute Gasteiger partial charge is 0.410 e. The number of hydrogen-bond donors (Lipinski definition) is 1. The Morgan fingerprint density at radius 2 is 1.77 bits per heavy atom. The summed E-state index contributed by atoms with van der Waals surface area (Å²) in [5, 5.41) is 9.03. The molecule has 7 heteroatoms. The molecule has 2 saturated heterocycles. The summed E-state index contributed by atoms with van der Waals surface area (Å²) >= 11 is 0. The molecule has 0 radical (unpaired) electrons. The summed E-state index contributed by atoms with van der Waals surface area (Å²) in [5.41, 5.74) is -0.511. The van der Waals surface area contributed by atoms with Gasteiger partial charge in [-0.1, -0.05) is 0 Å². The van der Waals surface area contributed by atoms with E-state index in [-0.39, 0.29) is 36.3 Å². The van der Waals surface area contributed by atoms with E-state index in [1.54, 1.807) is 9.80 Å². The highest BCUT2D eigenvalue weighted by Gasteiger charge is 2.62. The largest absolute Gasteiger partial charge is 0.481 e. The Kier molecular flexibility index (Phi) is 3.34. The van der Waals surface area contributed by atoms with Gasteiger partial charge in [-0.15, -0.1) is 0 Å². The minimum Gasteiger partial charge on any atom is -0.481 e. The quantitative estimate of drug-likeness (QED) is 0.814. The van der Waals surface area contributed by atoms with Crippen LogP contribution in [0.1, 0.15) is 27.2 Å². The SMILES string of the molecule is CC(C)(C)OC(=O)N1C[C@@H]2C(N3CC(C(=O)O)CC3=O)[C@@H]2C1. The number of piperidine rings is 1. The van der Waals surface area contributed by atoms with Crippen LogP contribution >= 0.6 is 0 Å². The Hall–Kier alpha value is -1.79. The number of amides is 2. The van der Waals surface area contributed by atoms with E-state index in [0.717, 1.165) is 0 Å². The minimum absolute atomic E-state index is 0.0735. The summed E-state index contributed by atoms with van der Waals surface area (Å²) in [6.07, 6.45) is -0.212. The number of nitrogens with zero attached hydrogens (tertiary/aromatic N) is 2. The first-order chi connectivity index (χ1) is 10.2. The molecule has 2 heterocycles. The van der Waals surface area contributed by atoms with Gasteiger partial charge in [0.05, 0.1) is 5.92 Å². The molecule has 2 amide bonds. The topological polar surface area (TPSA) is 87.2 Å². The third-order valence-electron chi connectivity index (χ3n) is 4.67. The van der Waals surface area contributed by atoms with Crippen molar-refractivity contribution in [1.82, 2.24) is 9.80 Å². The van der Waals surface area contributed by atoms with Gasteiger partial charge in [-0.3, -0.25) is 9.59 Å². The van der Waals surface area contributed by atoms with Crippen LogP contribution in [0.15, 0.2) is 0 Å². The van der Waals surface area contributed by atoms with Gasteiger partial charge in [-0.25, -0.2) is 4.79 Å².